The van der Waals surface area contributed by atoms with Crippen molar-refractivity contribution in [2.75, 3.05) is 55.7 Å². The number of piperidine rings is 1. The summed E-state index contributed by atoms with van der Waals surface area (Å²) < 4.78 is 47.5. The molecule has 1 atom stereocenters. The molecule has 300 valence electrons. The standard InChI is InChI=1S/C42H45F3N6O5S/c1-4-29-23-33(51-40(57)50(39(55)41(51,2)3)32-10-8-31(25-46)35(24-32)42(43,44)45)11-12-36(29)56-19-18-48-14-16-49(17-15-48)26-34(52)22-28-7-5-6-27(20-28)21-30-9-13-37(53)47-38(30)54/h5-8,10-12,20,23-24,30H,4,9,13-19,21-22,26H2,1-3H3,(H,47,53,54). The van der Waals surface area contributed by atoms with E-state index in [1.807, 2.05) is 43.3 Å². The fourth-order valence-corrected chi connectivity index (χ4v) is 8.18. The van der Waals surface area contributed by atoms with E-state index in [9.17, 15) is 37.6 Å². The largest absolute Gasteiger partial charge is 0.492 e. The average Bonchev–Trinajstić information content (AvgIpc) is 3.34. The zero-order valence-electron chi connectivity index (χ0n) is 32.2. The third kappa shape index (κ3) is 9.35. The van der Waals surface area contributed by atoms with Crippen molar-refractivity contribution in [3.05, 3.63) is 88.5 Å². The Hall–Kier alpha value is -5.17. The molecular weight excluding hydrogens is 758 g/mol. The number of rotatable bonds is 13. The molecule has 0 aliphatic carbocycles. The summed E-state index contributed by atoms with van der Waals surface area (Å²) in [6.07, 6.45) is -2.46. The van der Waals surface area contributed by atoms with Gasteiger partial charge in [-0.1, -0.05) is 31.2 Å². The second kappa shape index (κ2) is 17.1. The van der Waals surface area contributed by atoms with Crippen molar-refractivity contribution in [2.45, 2.75) is 64.6 Å². The van der Waals surface area contributed by atoms with Gasteiger partial charge in [0, 0.05) is 57.2 Å². The average molecular weight is 803 g/mol. The molecule has 6 rings (SSSR count). The summed E-state index contributed by atoms with van der Waals surface area (Å²) in [7, 11) is 0. The van der Waals surface area contributed by atoms with Crippen molar-refractivity contribution in [1.29, 1.82) is 5.26 Å². The number of nitrogens with one attached hydrogen (secondary N) is 1. The maximum atomic E-state index is 13.8. The Morgan fingerprint density at radius 1 is 0.982 bits per heavy atom. The van der Waals surface area contributed by atoms with E-state index in [1.165, 1.54) is 6.07 Å². The number of ketones is 1. The van der Waals surface area contributed by atoms with Crippen LogP contribution in [0.5, 0.6) is 5.75 Å². The summed E-state index contributed by atoms with van der Waals surface area (Å²) >= 11 is 5.71. The van der Waals surface area contributed by atoms with E-state index in [2.05, 4.69) is 15.1 Å². The van der Waals surface area contributed by atoms with Crippen LogP contribution in [-0.4, -0.2) is 89.8 Å². The van der Waals surface area contributed by atoms with Gasteiger partial charge in [0.15, 0.2) is 10.9 Å². The van der Waals surface area contributed by atoms with Crippen molar-refractivity contribution < 1.29 is 37.1 Å². The van der Waals surface area contributed by atoms with Crippen LogP contribution in [0.2, 0.25) is 0 Å². The Morgan fingerprint density at radius 3 is 2.37 bits per heavy atom. The minimum atomic E-state index is -4.79. The van der Waals surface area contributed by atoms with Gasteiger partial charge >= 0.3 is 6.18 Å². The second-order valence-electron chi connectivity index (χ2n) is 15.2. The number of hydrogen-bond donors (Lipinski definition) is 1. The number of benzene rings is 3. The van der Waals surface area contributed by atoms with Crippen LogP contribution in [0.1, 0.15) is 61.4 Å². The molecular formula is C42H45F3N6O5S. The van der Waals surface area contributed by atoms with Gasteiger partial charge in [0.2, 0.25) is 11.8 Å². The first-order chi connectivity index (χ1) is 27.1. The third-order valence-corrected chi connectivity index (χ3v) is 11.2. The normalized spacial score (nSPS) is 19.1. The highest BCUT2D eigenvalue weighted by molar-refractivity contribution is 7.81. The molecule has 1 N–H and O–H groups in total. The number of thiocarbonyl (C=S) groups is 1. The fraction of sp³-hybridized carbons (Fsp3) is 0.429. The van der Waals surface area contributed by atoms with E-state index in [0.29, 0.717) is 63.2 Å². The Morgan fingerprint density at radius 2 is 1.68 bits per heavy atom. The van der Waals surface area contributed by atoms with Crippen molar-refractivity contribution >= 4 is 52.2 Å². The van der Waals surface area contributed by atoms with Crippen LogP contribution in [0, 0.1) is 17.2 Å². The van der Waals surface area contributed by atoms with E-state index in [4.69, 9.17) is 17.0 Å². The monoisotopic (exact) mass is 802 g/mol. The second-order valence-corrected chi connectivity index (χ2v) is 15.5. The van der Waals surface area contributed by atoms with Gasteiger partial charge in [-0.2, -0.15) is 18.4 Å². The minimum absolute atomic E-state index is 0.0237. The number of amides is 3. The molecule has 0 radical (unpaired) electrons. The van der Waals surface area contributed by atoms with Crippen molar-refractivity contribution in [1.82, 2.24) is 15.1 Å². The highest BCUT2D eigenvalue weighted by Gasteiger charge is 2.51. The fourth-order valence-electron chi connectivity index (χ4n) is 7.65. The van der Waals surface area contributed by atoms with E-state index in [-0.39, 0.29) is 34.3 Å². The first kappa shape index (κ1) is 41.5. The summed E-state index contributed by atoms with van der Waals surface area (Å²) in [5.74, 6) is -0.405. The molecule has 0 bridgehead atoms. The van der Waals surface area contributed by atoms with Gasteiger partial charge in [-0.05, 0) is 98.4 Å². The maximum Gasteiger partial charge on any atom is 0.417 e. The number of carbonyl (C=O) groups is 4. The highest BCUT2D eigenvalue weighted by atomic mass is 32.1. The number of halogens is 3. The summed E-state index contributed by atoms with van der Waals surface area (Å²) in [4.78, 5) is 57.5. The Kier molecular flexibility index (Phi) is 12.5. The number of ether oxygens (including phenoxy) is 1. The predicted molar refractivity (Wildman–Crippen MR) is 212 cm³/mol. The number of alkyl halides is 3. The van der Waals surface area contributed by atoms with Crippen LogP contribution in [-0.2, 0) is 44.6 Å². The molecule has 3 amide bonds. The lowest BCUT2D eigenvalue weighted by Gasteiger charge is -2.34. The molecule has 57 heavy (non-hydrogen) atoms. The van der Waals surface area contributed by atoms with Crippen molar-refractivity contribution in [3.8, 4) is 11.8 Å². The van der Waals surface area contributed by atoms with E-state index >= 15 is 0 Å². The highest BCUT2D eigenvalue weighted by Crippen LogP contribution is 2.40. The number of imide groups is 1. The van der Waals surface area contributed by atoms with Gasteiger partial charge in [-0.15, -0.1) is 0 Å². The van der Waals surface area contributed by atoms with Crippen LogP contribution >= 0.6 is 12.2 Å². The first-order valence-corrected chi connectivity index (χ1v) is 19.4. The molecule has 3 aliphatic rings. The molecule has 15 heteroatoms. The predicted octanol–water partition coefficient (Wildman–Crippen LogP) is 5.46. The smallest absolute Gasteiger partial charge is 0.417 e. The molecule has 0 spiro atoms. The summed E-state index contributed by atoms with van der Waals surface area (Å²) in [6.45, 7) is 9.84. The van der Waals surface area contributed by atoms with Crippen LogP contribution in [0.3, 0.4) is 0 Å². The van der Waals surface area contributed by atoms with Crippen LogP contribution in [0.4, 0.5) is 24.5 Å². The Labute approximate surface area is 335 Å². The quantitative estimate of drug-likeness (QED) is 0.176. The molecule has 3 aliphatic heterocycles. The molecule has 3 aromatic carbocycles. The zero-order valence-corrected chi connectivity index (χ0v) is 33.0. The number of hydrogen-bond acceptors (Lipinski definition) is 9. The number of anilines is 2. The lowest BCUT2D eigenvalue weighted by Crippen LogP contribution is -2.48. The number of piperazine rings is 1. The van der Waals surface area contributed by atoms with Gasteiger partial charge in [0.1, 0.15) is 17.9 Å². The lowest BCUT2D eigenvalue weighted by atomic mass is 9.90. The van der Waals surface area contributed by atoms with Gasteiger partial charge in [0.25, 0.3) is 5.91 Å². The lowest BCUT2D eigenvalue weighted by molar-refractivity contribution is -0.138. The molecule has 11 nitrogen and oxygen atoms in total. The van der Waals surface area contributed by atoms with Crippen LogP contribution < -0.4 is 19.9 Å². The molecule has 3 saturated heterocycles. The minimum Gasteiger partial charge on any atom is -0.492 e. The Balaban J connectivity index is 0.994. The van der Waals surface area contributed by atoms with E-state index in [0.717, 1.165) is 59.9 Å². The molecule has 0 saturated carbocycles. The maximum absolute atomic E-state index is 13.8. The molecule has 1 unspecified atom stereocenters. The van der Waals surface area contributed by atoms with Crippen molar-refractivity contribution in [2.24, 2.45) is 5.92 Å². The topological polar surface area (TPSA) is 126 Å². The first-order valence-electron chi connectivity index (χ1n) is 19.0. The van der Waals surface area contributed by atoms with E-state index in [1.54, 1.807) is 30.9 Å². The van der Waals surface area contributed by atoms with Gasteiger partial charge < -0.3 is 9.64 Å². The summed E-state index contributed by atoms with van der Waals surface area (Å²) in [5, 5.41) is 11.7. The molecule has 3 heterocycles. The van der Waals surface area contributed by atoms with Gasteiger partial charge in [-0.3, -0.25) is 39.2 Å². The summed E-state index contributed by atoms with van der Waals surface area (Å²) in [5.41, 5.74) is 0.396. The van der Waals surface area contributed by atoms with Crippen molar-refractivity contribution in [3.63, 3.8) is 0 Å². The van der Waals surface area contributed by atoms with Crippen LogP contribution in [0.25, 0.3) is 0 Å². The zero-order chi connectivity index (χ0) is 41.1. The summed E-state index contributed by atoms with van der Waals surface area (Å²) in [6, 6.07) is 17.9. The Bertz CT molecular complexity index is 2110. The molecule has 3 fully saturated rings. The van der Waals surface area contributed by atoms with Gasteiger partial charge in [0.05, 0.1) is 29.4 Å². The third-order valence-electron chi connectivity index (χ3n) is 10.8. The SMILES string of the molecule is CCc1cc(N2C(=S)N(c3ccc(C#N)c(C(F)(F)F)c3)C(=O)C2(C)C)ccc1OCCN1CCN(CC(=O)Cc2cccc(CC3CCC(=O)NC3=O)c2)CC1. The van der Waals surface area contributed by atoms with Crippen LogP contribution in [0.15, 0.2) is 60.7 Å². The number of carbonyl (C=O) groups excluding carboxylic acids is 4. The number of aryl methyl sites for hydroxylation is 1. The van der Waals surface area contributed by atoms with E-state index < -0.39 is 28.7 Å². The molecule has 3 aromatic rings. The number of nitrogens with zero attached hydrogens (tertiary/aromatic N) is 5. The van der Waals surface area contributed by atoms with Gasteiger partial charge in [-0.25, -0.2) is 0 Å². The number of Topliss-reactive ketones (excluding diaryl/α,β-unsaturated/α-hetero) is 1. The molecule has 0 aromatic heterocycles. The number of nitriles is 1.